The van der Waals surface area contributed by atoms with Gasteiger partial charge in [-0.25, -0.2) is 4.98 Å². The lowest BCUT2D eigenvalue weighted by Gasteiger charge is -2.06. The molecule has 0 spiro atoms. The maximum Gasteiger partial charge on any atom is 0.121 e. The molecule has 5 nitrogen and oxygen atoms in total. The van der Waals surface area contributed by atoms with Gasteiger partial charge >= 0.3 is 0 Å². The maximum atomic E-state index is 4.51. The Morgan fingerprint density at radius 2 is 2.26 bits per heavy atom. The van der Waals surface area contributed by atoms with Crippen molar-refractivity contribution in [3.8, 4) is 0 Å². The zero-order valence-electron chi connectivity index (χ0n) is 11.1. The molecule has 1 aliphatic carbocycles. The van der Waals surface area contributed by atoms with Crippen LogP contribution in [0.1, 0.15) is 24.1 Å². The Kier molecular flexibility index (Phi) is 3.52. The van der Waals surface area contributed by atoms with E-state index in [2.05, 4.69) is 27.3 Å². The number of nitrogens with zero attached hydrogens (tertiary/aromatic N) is 4. The molecule has 0 atom stereocenters. The quantitative estimate of drug-likeness (QED) is 0.903. The van der Waals surface area contributed by atoms with Gasteiger partial charge in [0.25, 0.3) is 0 Å². The summed E-state index contributed by atoms with van der Waals surface area (Å²) >= 11 is 1.62. The van der Waals surface area contributed by atoms with Crippen LogP contribution in [0.4, 0.5) is 0 Å². The number of rotatable bonds is 5. The van der Waals surface area contributed by atoms with E-state index in [1.165, 1.54) is 18.4 Å². The third kappa shape index (κ3) is 2.96. The van der Waals surface area contributed by atoms with Crippen molar-refractivity contribution >= 4 is 11.8 Å². The fraction of sp³-hybridized carbons (Fsp3) is 0.462. The summed E-state index contributed by atoms with van der Waals surface area (Å²) < 4.78 is 1.93. The fourth-order valence-electron chi connectivity index (χ4n) is 1.98. The second kappa shape index (κ2) is 5.30. The Morgan fingerprint density at radius 1 is 1.42 bits per heavy atom. The molecule has 0 unspecified atom stereocenters. The lowest BCUT2D eigenvalue weighted by atomic mass is 10.2. The van der Waals surface area contributed by atoms with Gasteiger partial charge in [-0.1, -0.05) is 0 Å². The van der Waals surface area contributed by atoms with Gasteiger partial charge in [0.15, 0.2) is 0 Å². The van der Waals surface area contributed by atoms with E-state index >= 15 is 0 Å². The summed E-state index contributed by atoms with van der Waals surface area (Å²) in [5, 5.41) is 10.1. The van der Waals surface area contributed by atoms with E-state index < -0.39 is 0 Å². The van der Waals surface area contributed by atoms with Gasteiger partial charge in [-0.15, -0.1) is 0 Å². The highest BCUT2D eigenvalue weighted by molar-refractivity contribution is 7.99. The molecular formula is C13H17N5S. The minimum atomic E-state index is 0.703. The monoisotopic (exact) mass is 275 g/mol. The molecule has 2 aromatic rings. The summed E-state index contributed by atoms with van der Waals surface area (Å²) in [6.45, 7) is 2.94. The van der Waals surface area contributed by atoms with Crippen LogP contribution in [0.15, 0.2) is 28.6 Å². The third-order valence-corrected chi connectivity index (χ3v) is 4.30. The highest BCUT2D eigenvalue weighted by atomic mass is 32.2. The van der Waals surface area contributed by atoms with Crippen LogP contribution >= 0.6 is 11.8 Å². The summed E-state index contributed by atoms with van der Waals surface area (Å²) in [5.41, 5.74) is 2.35. The van der Waals surface area contributed by atoms with Gasteiger partial charge in [0, 0.05) is 37.6 Å². The Balaban J connectivity index is 1.82. The van der Waals surface area contributed by atoms with E-state index in [0.29, 0.717) is 6.04 Å². The number of aromatic nitrogens is 4. The Bertz CT molecular complexity index is 562. The molecule has 2 aromatic heterocycles. The first kappa shape index (κ1) is 12.6. The summed E-state index contributed by atoms with van der Waals surface area (Å²) in [5.74, 6) is 0. The van der Waals surface area contributed by atoms with E-state index in [-0.39, 0.29) is 0 Å². The normalized spacial score (nSPS) is 14.8. The molecule has 1 N–H and O–H groups in total. The van der Waals surface area contributed by atoms with Crippen LogP contribution in [-0.2, 0) is 13.6 Å². The molecule has 2 heterocycles. The SMILES string of the molecule is Cc1nn(C)c(Sc2cnccn2)c1CNC1CC1. The average molecular weight is 275 g/mol. The Morgan fingerprint density at radius 3 is 2.95 bits per heavy atom. The number of hydrogen-bond donors (Lipinski definition) is 1. The zero-order valence-corrected chi connectivity index (χ0v) is 11.9. The van der Waals surface area contributed by atoms with Crippen LogP contribution in [0.5, 0.6) is 0 Å². The smallest absolute Gasteiger partial charge is 0.121 e. The molecule has 0 aromatic carbocycles. The number of aryl methyl sites for hydroxylation is 2. The predicted molar refractivity (Wildman–Crippen MR) is 74.0 cm³/mol. The standard InChI is InChI=1S/C13H17N5S/c1-9-11(7-16-10-3-4-10)13(18(2)17-9)19-12-8-14-5-6-15-12/h5-6,8,10,16H,3-4,7H2,1-2H3. The molecule has 3 rings (SSSR count). The Hall–Kier alpha value is -1.40. The van der Waals surface area contributed by atoms with Crippen molar-refractivity contribution in [2.24, 2.45) is 7.05 Å². The molecule has 0 radical (unpaired) electrons. The van der Waals surface area contributed by atoms with Crippen molar-refractivity contribution < 1.29 is 0 Å². The van der Waals surface area contributed by atoms with Crippen LogP contribution < -0.4 is 5.32 Å². The van der Waals surface area contributed by atoms with Gasteiger partial charge in [-0.2, -0.15) is 5.10 Å². The second-order valence-electron chi connectivity index (χ2n) is 4.79. The van der Waals surface area contributed by atoms with Crippen molar-refractivity contribution in [1.29, 1.82) is 0 Å². The zero-order chi connectivity index (χ0) is 13.2. The minimum Gasteiger partial charge on any atom is -0.310 e. The van der Waals surface area contributed by atoms with Gasteiger partial charge < -0.3 is 5.32 Å². The van der Waals surface area contributed by atoms with Gasteiger partial charge in [0.1, 0.15) is 10.1 Å². The topological polar surface area (TPSA) is 55.6 Å². The molecule has 1 fully saturated rings. The average Bonchev–Trinajstić information content (AvgIpc) is 3.18. The summed E-state index contributed by atoms with van der Waals surface area (Å²) in [4.78, 5) is 8.41. The lowest BCUT2D eigenvalue weighted by molar-refractivity contribution is 0.658. The molecule has 0 saturated heterocycles. The molecule has 0 bridgehead atoms. The molecule has 6 heteroatoms. The highest BCUT2D eigenvalue weighted by Gasteiger charge is 2.22. The maximum absolute atomic E-state index is 4.51. The molecule has 1 aliphatic rings. The molecular weight excluding hydrogens is 258 g/mol. The Labute approximate surface area is 116 Å². The molecule has 0 amide bonds. The number of hydrogen-bond acceptors (Lipinski definition) is 5. The third-order valence-electron chi connectivity index (χ3n) is 3.17. The fourth-order valence-corrected chi connectivity index (χ4v) is 2.92. The van der Waals surface area contributed by atoms with E-state index in [4.69, 9.17) is 0 Å². The first-order valence-electron chi connectivity index (χ1n) is 6.44. The van der Waals surface area contributed by atoms with Crippen molar-refractivity contribution in [3.63, 3.8) is 0 Å². The van der Waals surface area contributed by atoms with E-state index in [1.54, 1.807) is 30.4 Å². The van der Waals surface area contributed by atoms with Gasteiger partial charge in [-0.3, -0.25) is 9.67 Å². The van der Waals surface area contributed by atoms with Crippen molar-refractivity contribution in [2.75, 3.05) is 0 Å². The van der Waals surface area contributed by atoms with Crippen molar-refractivity contribution in [1.82, 2.24) is 25.1 Å². The first-order valence-corrected chi connectivity index (χ1v) is 7.25. The van der Waals surface area contributed by atoms with Crippen LogP contribution in [0.25, 0.3) is 0 Å². The van der Waals surface area contributed by atoms with Crippen molar-refractivity contribution in [2.45, 2.75) is 42.4 Å². The molecule has 1 saturated carbocycles. The summed E-state index contributed by atoms with van der Waals surface area (Å²) in [6.07, 6.45) is 7.78. The lowest BCUT2D eigenvalue weighted by Crippen LogP contribution is -2.16. The molecule has 19 heavy (non-hydrogen) atoms. The van der Waals surface area contributed by atoms with Gasteiger partial charge in [0.2, 0.25) is 0 Å². The predicted octanol–water partition coefficient (Wildman–Crippen LogP) is 1.92. The molecule has 100 valence electrons. The summed E-state index contributed by atoms with van der Waals surface area (Å²) in [7, 11) is 1.98. The largest absolute Gasteiger partial charge is 0.310 e. The number of nitrogens with one attached hydrogen (secondary N) is 1. The van der Waals surface area contributed by atoms with Gasteiger partial charge in [0.05, 0.1) is 11.9 Å². The van der Waals surface area contributed by atoms with Crippen LogP contribution in [-0.4, -0.2) is 25.8 Å². The van der Waals surface area contributed by atoms with Gasteiger partial charge in [-0.05, 0) is 31.5 Å². The molecule has 0 aliphatic heterocycles. The van der Waals surface area contributed by atoms with Crippen LogP contribution in [0.2, 0.25) is 0 Å². The van der Waals surface area contributed by atoms with E-state index in [9.17, 15) is 0 Å². The minimum absolute atomic E-state index is 0.703. The highest BCUT2D eigenvalue weighted by Crippen LogP contribution is 2.30. The second-order valence-corrected chi connectivity index (χ2v) is 5.80. The first-order chi connectivity index (χ1) is 9.24. The van der Waals surface area contributed by atoms with Crippen LogP contribution in [0, 0.1) is 6.92 Å². The summed E-state index contributed by atoms with van der Waals surface area (Å²) in [6, 6.07) is 0.703. The van der Waals surface area contributed by atoms with E-state index in [0.717, 1.165) is 22.3 Å². The van der Waals surface area contributed by atoms with Crippen LogP contribution in [0.3, 0.4) is 0 Å². The van der Waals surface area contributed by atoms with E-state index in [1.807, 2.05) is 11.7 Å². The van der Waals surface area contributed by atoms with Crippen molar-refractivity contribution in [3.05, 3.63) is 29.8 Å².